The van der Waals surface area contributed by atoms with Crippen molar-refractivity contribution in [3.63, 3.8) is 0 Å². The Kier molecular flexibility index (Phi) is 4.62. The molecule has 16 heavy (non-hydrogen) atoms. The molecule has 1 saturated carbocycles. The van der Waals surface area contributed by atoms with Gasteiger partial charge in [-0.1, -0.05) is 12.8 Å². The van der Waals surface area contributed by atoms with Gasteiger partial charge in [-0.05, 0) is 39.9 Å². The number of nitrogens with zero attached hydrogens (tertiary/aromatic N) is 2. The third kappa shape index (κ3) is 2.96. The van der Waals surface area contributed by atoms with Gasteiger partial charge in [-0.2, -0.15) is 0 Å². The maximum atomic E-state index is 3.37. The van der Waals surface area contributed by atoms with Gasteiger partial charge >= 0.3 is 0 Å². The van der Waals surface area contributed by atoms with Crippen molar-refractivity contribution < 1.29 is 0 Å². The van der Waals surface area contributed by atoms with Crippen LogP contribution < -0.4 is 5.32 Å². The normalized spacial score (nSPS) is 30.8. The molecule has 1 atom stereocenters. The molecule has 1 unspecified atom stereocenters. The molecule has 0 aromatic carbocycles. The van der Waals surface area contributed by atoms with Crippen molar-refractivity contribution in [3.8, 4) is 0 Å². The maximum Gasteiger partial charge on any atom is 0.0350 e. The number of hydrogen-bond acceptors (Lipinski definition) is 3. The summed E-state index contributed by atoms with van der Waals surface area (Å²) in [5.74, 6) is 0. The Hall–Kier alpha value is -0.120. The van der Waals surface area contributed by atoms with Gasteiger partial charge in [0, 0.05) is 31.7 Å². The van der Waals surface area contributed by atoms with Crippen molar-refractivity contribution in [2.24, 2.45) is 0 Å². The van der Waals surface area contributed by atoms with E-state index in [1.807, 2.05) is 0 Å². The minimum atomic E-state index is 0.723. The van der Waals surface area contributed by atoms with Crippen molar-refractivity contribution in [3.05, 3.63) is 0 Å². The highest BCUT2D eigenvalue weighted by Gasteiger charge is 2.30. The van der Waals surface area contributed by atoms with E-state index in [4.69, 9.17) is 0 Å². The second-order valence-corrected chi connectivity index (χ2v) is 5.50. The number of hydrogen-bond donors (Lipinski definition) is 1. The predicted molar refractivity (Wildman–Crippen MR) is 68.8 cm³/mol. The fraction of sp³-hybridized carbons (Fsp3) is 1.00. The van der Waals surface area contributed by atoms with Gasteiger partial charge in [0.25, 0.3) is 0 Å². The summed E-state index contributed by atoms with van der Waals surface area (Å²) in [6.45, 7) is 4.95. The van der Waals surface area contributed by atoms with E-state index in [1.165, 1.54) is 51.7 Å². The lowest BCUT2D eigenvalue weighted by Gasteiger charge is -2.35. The van der Waals surface area contributed by atoms with Crippen molar-refractivity contribution in [1.29, 1.82) is 0 Å². The molecule has 0 amide bonds. The van der Waals surface area contributed by atoms with Crippen LogP contribution in [0.3, 0.4) is 0 Å². The summed E-state index contributed by atoms with van der Waals surface area (Å²) in [7, 11) is 4.35. The highest BCUT2D eigenvalue weighted by molar-refractivity contribution is 4.87. The zero-order valence-electron chi connectivity index (χ0n) is 10.9. The van der Waals surface area contributed by atoms with Gasteiger partial charge in [0.05, 0.1) is 0 Å². The summed E-state index contributed by atoms with van der Waals surface area (Å²) in [4.78, 5) is 5.30. The van der Waals surface area contributed by atoms with E-state index in [2.05, 4.69) is 29.2 Å². The second-order valence-electron chi connectivity index (χ2n) is 5.50. The fourth-order valence-corrected chi connectivity index (χ4v) is 3.40. The molecule has 3 heteroatoms. The van der Waals surface area contributed by atoms with Crippen LogP contribution >= 0.6 is 0 Å². The van der Waals surface area contributed by atoms with Gasteiger partial charge in [0.15, 0.2) is 0 Å². The lowest BCUT2D eigenvalue weighted by atomic mass is 10.1. The first kappa shape index (κ1) is 12.3. The average Bonchev–Trinajstić information content (AvgIpc) is 2.71. The molecular formula is C13H27N3. The van der Waals surface area contributed by atoms with Crippen molar-refractivity contribution in [2.75, 3.05) is 40.3 Å². The van der Waals surface area contributed by atoms with Crippen LogP contribution in [0.2, 0.25) is 0 Å². The first-order valence-electron chi connectivity index (χ1n) is 6.90. The first-order valence-corrected chi connectivity index (χ1v) is 6.90. The molecule has 2 fully saturated rings. The molecule has 0 aromatic heterocycles. The van der Waals surface area contributed by atoms with Crippen LogP contribution in [0.15, 0.2) is 0 Å². The SMILES string of the molecule is CNCC1CN(C)CCCN1C1CCCC1. The molecule has 0 bridgehead atoms. The van der Waals surface area contributed by atoms with E-state index in [0.717, 1.165) is 18.6 Å². The predicted octanol–water partition coefficient (Wildman–Crippen LogP) is 1.15. The minimum absolute atomic E-state index is 0.723. The summed E-state index contributed by atoms with van der Waals surface area (Å²) >= 11 is 0. The van der Waals surface area contributed by atoms with E-state index in [0.29, 0.717) is 0 Å². The fourth-order valence-electron chi connectivity index (χ4n) is 3.40. The van der Waals surface area contributed by atoms with Gasteiger partial charge in [-0.15, -0.1) is 0 Å². The summed E-state index contributed by atoms with van der Waals surface area (Å²) in [6.07, 6.45) is 7.10. The molecule has 1 N–H and O–H groups in total. The Labute approximate surface area is 100 Å². The molecule has 1 aliphatic carbocycles. The molecule has 0 aromatic rings. The summed E-state index contributed by atoms with van der Waals surface area (Å²) in [5.41, 5.74) is 0. The smallest absolute Gasteiger partial charge is 0.0350 e. The highest BCUT2D eigenvalue weighted by Crippen LogP contribution is 2.26. The summed E-state index contributed by atoms with van der Waals surface area (Å²) in [5, 5.41) is 3.37. The van der Waals surface area contributed by atoms with Crippen molar-refractivity contribution in [1.82, 2.24) is 15.1 Å². The molecule has 3 nitrogen and oxygen atoms in total. The molecule has 1 heterocycles. The number of rotatable bonds is 3. The van der Waals surface area contributed by atoms with Crippen LogP contribution in [0, 0.1) is 0 Å². The Morgan fingerprint density at radius 2 is 1.88 bits per heavy atom. The van der Waals surface area contributed by atoms with Crippen LogP contribution in [0.4, 0.5) is 0 Å². The summed E-state index contributed by atoms with van der Waals surface area (Å²) < 4.78 is 0. The Morgan fingerprint density at radius 1 is 1.12 bits per heavy atom. The second kappa shape index (κ2) is 5.99. The minimum Gasteiger partial charge on any atom is -0.318 e. The summed E-state index contributed by atoms with van der Waals surface area (Å²) in [6, 6.07) is 1.60. The molecule has 94 valence electrons. The van der Waals surface area contributed by atoms with Gasteiger partial charge in [0.1, 0.15) is 0 Å². The average molecular weight is 225 g/mol. The van der Waals surface area contributed by atoms with Crippen molar-refractivity contribution in [2.45, 2.75) is 44.2 Å². The molecule has 0 radical (unpaired) electrons. The van der Waals surface area contributed by atoms with Crippen LogP contribution in [0.25, 0.3) is 0 Å². The van der Waals surface area contributed by atoms with E-state index in [-0.39, 0.29) is 0 Å². The monoisotopic (exact) mass is 225 g/mol. The first-order chi connectivity index (χ1) is 7.81. The largest absolute Gasteiger partial charge is 0.318 e. The molecule has 2 rings (SSSR count). The van der Waals surface area contributed by atoms with Gasteiger partial charge in [-0.3, -0.25) is 4.90 Å². The Balaban J connectivity index is 1.99. The third-order valence-corrected chi connectivity index (χ3v) is 4.18. The topological polar surface area (TPSA) is 18.5 Å². The van der Waals surface area contributed by atoms with E-state index in [1.54, 1.807) is 0 Å². The van der Waals surface area contributed by atoms with Crippen LogP contribution in [-0.2, 0) is 0 Å². The van der Waals surface area contributed by atoms with Gasteiger partial charge in [-0.25, -0.2) is 0 Å². The lowest BCUT2D eigenvalue weighted by Crippen LogP contribution is -2.49. The third-order valence-electron chi connectivity index (χ3n) is 4.18. The quantitative estimate of drug-likeness (QED) is 0.777. The van der Waals surface area contributed by atoms with Crippen molar-refractivity contribution >= 4 is 0 Å². The highest BCUT2D eigenvalue weighted by atomic mass is 15.3. The Morgan fingerprint density at radius 3 is 2.56 bits per heavy atom. The molecule has 2 aliphatic rings. The maximum absolute atomic E-state index is 3.37. The molecule has 1 aliphatic heterocycles. The van der Waals surface area contributed by atoms with Gasteiger partial charge in [0.2, 0.25) is 0 Å². The van der Waals surface area contributed by atoms with Crippen LogP contribution in [-0.4, -0.2) is 62.2 Å². The lowest BCUT2D eigenvalue weighted by molar-refractivity contribution is 0.133. The Bertz CT molecular complexity index is 201. The molecule has 1 saturated heterocycles. The standard InChI is InChI=1S/C13H27N3/c1-14-10-13-11-15(2)8-5-9-16(13)12-6-3-4-7-12/h12-14H,3-11H2,1-2H3. The van der Waals surface area contributed by atoms with Crippen LogP contribution in [0.1, 0.15) is 32.1 Å². The number of likely N-dealkylation sites (N-methyl/N-ethyl adjacent to an activating group) is 2. The van der Waals surface area contributed by atoms with E-state index < -0.39 is 0 Å². The van der Waals surface area contributed by atoms with E-state index >= 15 is 0 Å². The molecular weight excluding hydrogens is 198 g/mol. The zero-order chi connectivity index (χ0) is 11.4. The van der Waals surface area contributed by atoms with Crippen LogP contribution in [0.5, 0.6) is 0 Å². The van der Waals surface area contributed by atoms with Gasteiger partial charge < -0.3 is 10.2 Å². The van der Waals surface area contributed by atoms with E-state index in [9.17, 15) is 0 Å². The zero-order valence-corrected chi connectivity index (χ0v) is 10.9. The molecule has 0 spiro atoms. The number of nitrogens with one attached hydrogen (secondary N) is 1.